The minimum Gasteiger partial charge on any atom is -0.744 e. The Morgan fingerprint density at radius 2 is 1.27 bits per heavy atom. The lowest BCUT2D eigenvalue weighted by Crippen LogP contribution is -2.55. The second-order valence-electron chi connectivity index (χ2n) is 35.2. The van der Waals surface area contributed by atoms with Crippen LogP contribution >= 0.6 is 0 Å². The van der Waals surface area contributed by atoms with E-state index in [0.29, 0.717) is 94.9 Å². The fraction of sp³-hybridized carbons (Fsp3) is 0.333. The van der Waals surface area contributed by atoms with Gasteiger partial charge in [-0.2, -0.15) is 8.88 Å². The number of hydrogen-bond acceptors (Lipinski definition) is 19. The van der Waals surface area contributed by atoms with E-state index in [0.717, 1.165) is 70.5 Å². The largest absolute Gasteiger partial charge is 0.744 e. The molecule has 0 bridgehead atoms. The Bertz CT molecular complexity index is 6470. The van der Waals surface area contributed by atoms with Crippen molar-refractivity contribution in [3.05, 3.63) is 276 Å². The number of hydrogen-bond donors (Lipinski definition) is 4. The van der Waals surface area contributed by atoms with E-state index in [1.807, 2.05) is 169 Å². The Morgan fingerprint density at radius 3 is 1.98 bits per heavy atom. The fourth-order valence-corrected chi connectivity index (χ4v) is 20.7. The lowest BCUT2D eigenvalue weighted by Gasteiger charge is -2.33. The second kappa shape index (κ2) is 40.5. The summed E-state index contributed by atoms with van der Waals surface area (Å²) < 4.78 is 125. The van der Waals surface area contributed by atoms with Crippen LogP contribution in [0.25, 0.3) is 33.1 Å². The van der Waals surface area contributed by atoms with Gasteiger partial charge in [0.15, 0.2) is 18.1 Å². The van der Waals surface area contributed by atoms with Crippen LogP contribution in [-0.2, 0) is 94.0 Å². The molecule has 0 spiro atoms. The van der Waals surface area contributed by atoms with E-state index >= 15 is 8.42 Å². The summed E-state index contributed by atoms with van der Waals surface area (Å²) >= 11 is 0. The van der Waals surface area contributed by atoms with Crippen LogP contribution in [-0.4, -0.2) is 155 Å². The van der Waals surface area contributed by atoms with Crippen LogP contribution in [0.15, 0.2) is 268 Å². The first-order valence-corrected chi connectivity index (χ1v) is 48.7. The summed E-state index contributed by atoms with van der Waals surface area (Å²) in [5, 5.41) is 12.7. The molecule has 1 aromatic heterocycles. The van der Waals surface area contributed by atoms with Crippen molar-refractivity contribution < 1.29 is 81.6 Å². The zero-order chi connectivity index (χ0) is 93.2. The molecule has 1 saturated heterocycles. The number of benzene rings is 9. The zero-order valence-corrected chi connectivity index (χ0v) is 77.3. The molecule has 10 aromatic rings. The molecule has 0 radical (unpaired) electrons. The summed E-state index contributed by atoms with van der Waals surface area (Å²) in [6.45, 7) is 13.9. The molecule has 14 rings (SSSR count). The minimum atomic E-state index is -4.77. The van der Waals surface area contributed by atoms with Crippen molar-refractivity contribution in [1.29, 1.82) is 0 Å². The smallest absolute Gasteiger partial charge is 0.408 e. The molecule has 0 unspecified atom stereocenters. The summed E-state index contributed by atoms with van der Waals surface area (Å²) in [5.74, 6) is -3.83. The van der Waals surface area contributed by atoms with Gasteiger partial charge in [0, 0.05) is 116 Å². The van der Waals surface area contributed by atoms with Gasteiger partial charge in [0.05, 0.1) is 60.4 Å². The molecule has 9 aromatic carbocycles. The molecule has 0 saturated carbocycles. The lowest BCUT2D eigenvalue weighted by molar-refractivity contribution is -0.433. The number of nitrogens with one attached hydrogen (secondary N) is 4. The molecule has 4 amide bonds. The molecule has 4 N–H and O–H groups in total. The zero-order valence-electron chi connectivity index (χ0n) is 74.9. The van der Waals surface area contributed by atoms with E-state index in [1.165, 1.54) is 48.0 Å². The van der Waals surface area contributed by atoms with Crippen LogP contribution in [0.5, 0.6) is 0 Å². The Morgan fingerprint density at radius 1 is 0.626 bits per heavy atom. The topological polar surface area (TPSA) is 345 Å². The van der Waals surface area contributed by atoms with Crippen molar-refractivity contribution in [1.82, 2.24) is 25.6 Å². The van der Waals surface area contributed by atoms with Gasteiger partial charge in [0.1, 0.15) is 45.0 Å². The predicted molar refractivity (Wildman–Crippen MR) is 505 cm³/mol. The first-order chi connectivity index (χ1) is 62.6. The van der Waals surface area contributed by atoms with Crippen molar-refractivity contribution >= 4 is 128 Å². The van der Waals surface area contributed by atoms with E-state index in [-0.39, 0.29) is 78.9 Å². The molecule has 5 heterocycles. The van der Waals surface area contributed by atoms with Crippen LogP contribution < -0.4 is 36.0 Å². The molecule has 1 fully saturated rings. The standard InChI is InChI=1S/C102H111N9O17S3/c1-9-109-86-52-48-76(130(120,121)122)65-81(86)100(2,3)92(109)43-22-15-23-44-93-101(4,5)82-66-77(131(123,124)125)49-53-87(82)111(93)58-31-11-10-24-45-94(113)103-57-30-29-40-83(104-97(115)84(62-69-32-16-12-17-33-69)105-99(117)127-67-70-34-18-13-19-35-70)88(112)68-126-98(116)102(6,7)106-96(114)72-54-59-108(60-55-72)129(118,119)91-42-28-26-39-80(91)95-78-50-46-74(107(8)73-37-20-14-21-38-73)63-89(78)128-90-64-75(47-51-79(90)95)110-61-56-71-36-25-27-41-85(71)110/h12-23,25-28,32-39,41-44,46-53,63-66,72,83-84H,9-11,24,29-31,40,45,54-62,67-68H2,1-8H3,(H4-2,103,104,105,106,113,114,115,117,120,121,122,123,124,125)/t83-,84-/m1/s1. The monoisotopic (exact) mass is 1830 g/mol. The van der Waals surface area contributed by atoms with Crippen LogP contribution in [0, 0.1) is 5.92 Å². The highest BCUT2D eigenvalue weighted by molar-refractivity contribution is 7.89. The number of carbonyl (C=O) groups is 6. The number of Topliss-reactive ketones (excluding diaryl/α,β-unsaturated/α-hetero) is 1. The van der Waals surface area contributed by atoms with E-state index in [4.69, 9.17) is 13.9 Å². The van der Waals surface area contributed by atoms with Gasteiger partial charge < -0.3 is 54.5 Å². The molecule has 131 heavy (non-hydrogen) atoms. The summed E-state index contributed by atoms with van der Waals surface area (Å²) in [4.78, 5) is 90.4. The number of carbonyl (C=O) groups excluding carboxylic acids is 6. The summed E-state index contributed by atoms with van der Waals surface area (Å²) in [7, 11) is -11.7. The van der Waals surface area contributed by atoms with Gasteiger partial charge in [-0.15, -0.1) is 0 Å². The molecule has 26 nitrogen and oxygen atoms in total. The first kappa shape index (κ1) is 94.6. The van der Waals surface area contributed by atoms with Crippen molar-refractivity contribution in [2.45, 2.75) is 175 Å². The molecule has 684 valence electrons. The Kier molecular flexibility index (Phi) is 29.2. The Labute approximate surface area is 766 Å². The lowest BCUT2D eigenvalue weighted by atomic mass is 9.81. The third-order valence-corrected chi connectivity index (χ3v) is 28.9. The number of esters is 1. The number of allylic oxidation sites excluding steroid dienone is 6. The van der Waals surface area contributed by atoms with Crippen molar-refractivity contribution in [2.75, 3.05) is 67.6 Å². The fourth-order valence-electron chi connectivity index (χ4n) is 18.0. The number of ether oxygens (including phenoxy) is 2. The molecule has 4 aliphatic heterocycles. The SMILES string of the molecule is CC[N+]1=C(/C=C/C=C/C=C2/N(CCCCCCC(=O)NCCCC[C@@H](NC(=O)[C@@H](Cc3ccccc3)NC(=O)OCc3ccccc3)C(=O)COC(=O)C(C)(C)NC(=O)C3CCN(S(=O)(=O)c4ccccc4-c4c5ccc(N(C)c6ccccc6)cc5[o+]c5cc(N6CCc7ccccc76)ccc45)CC3)c3ccc(S(=O)(=O)[O-])cc3C2(C)C)C(C)(C)c2cc(S(=O)(=O)[O-])ccc21. The summed E-state index contributed by atoms with van der Waals surface area (Å²) in [6.07, 6.45) is 13.3. The number of para-hydroxylation sites is 2. The third kappa shape index (κ3) is 21.7. The maximum Gasteiger partial charge on any atom is 0.408 e. The number of sulfonamides is 1. The van der Waals surface area contributed by atoms with Gasteiger partial charge in [0.25, 0.3) is 0 Å². The average molecular weight is 1830 g/mol. The number of rotatable bonds is 37. The van der Waals surface area contributed by atoms with Gasteiger partial charge >= 0.3 is 23.2 Å². The number of amides is 4. The molecular formula is C102H111N9O17S3. The van der Waals surface area contributed by atoms with Crippen molar-refractivity contribution in [3.8, 4) is 11.1 Å². The van der Waals surface area contributed by atoms with Crippen molar-refractivity contribution in [2.24, 2.45) is 5.92 Å². The third-order valence-electron chi connectivity index (χ3n) is 25.2. The molecular weight excluding hydrogens is 1720 g/mol. The number of nitrogens with zero attached hydrogens (tertiary/aromatic N) is 5. The van der Waals surface area contributed by atoms with Crippen LogP contribution in [0.3, 0.4) is 0 Å². The number of ketones is 1. The van der Waals surface area contributed by atoms with E-state index in [1.54, 1.807) is 78.9 Å². The highest BCUT2D eigenvalue weighted by Crippen LogP contribution is 2.50. The van der Waals surface area contributed by atoms with E-state index < -0.39 is 101 Å². The maximum absolute atomic E-state index is 15.3. The predicted octanol–water partition coefficient (Wildman–Crippen LogP) is 16.4. The Balaban J connectivity index is 0.594. The van der Waals surface area contributed by atoms with Gasteiger partial charge in [-0.05, 0) is 193 Å². The first-order valence-electron chi connectivity index (χ1n) is 44.5. The number of anilines is 5. The molecule has 4 aliphatic rings. The van der Waals surface area contributed by atoms with Crippen LogP contribution in [0.1, 0.15) is 140 Å². The number of fused-ring (bicyclic) bond motifs is 5. The summed E-state index contributed by atoms with van der Waals surface area (Å²) in [5.41, 5.74) is 10.4. The second-order valence-corrected chi connectivity index (χ2v) is 39.9. The minimum absolute atomic E-state index is 0.00523. The highest BCUT2D eigenvalue weighted by Gasteiger charge is 2.46. The highest BCUT2D eigenvalue weighted by atomic mass is 32.2. The molecule has 0 aliphatic carbocycles. The van der Waals surface area contributed by atoms with E-state index in [9.17, 15) is 54.7 Å². The van der Waals surface area contributed by atoms with Gasteiger partial charge in [0.2, 0.25) is 33.4 Å². The Hall–Kier alpha value is -12.5. The van der Waals surface area contributed by atoms with Gasteiger partial charge in [-0.1, -0.05) is 160 Å². The number of unbranched alkanes of at least 4 members (excludes halogenated alkanes) is 4. The normalized spacial score (nSPS) is 15.9. The molecule has 29 heteroatoms. The number of alkyl carbamates (subject to hydrolysis) is 1. The van der Waals surface area contributed by atoms with E-state index in [2.05, 4.69) is 52.7 Å². The van der Waals surface area contributed by atoms with Gasteiger partial charge in [-0.25, -0.2) is 39.3 Å². The number of piperidine rings is 1. The quantitative estimate of drug-likeness (QED) is 0.00534. The molecule has 2 atom stereocenters. The summed E-state index contributed by atoms with van der Waals surface area (Å²) in [6, 6.07) is 61.4. The van der Waals surface area contributed by atoms with Gasteiger partial charge in [-0.3, -0.25) is 19.2 Å². The maximum atomic E-state index is 15.3. The van der Waals surface area contributed by atoms with Crippen molar-refractivity contribution in [3.63, 3.8) is 0 Å². The van der Waals surface area contributed by atoms with Crippen LogP contribution in [0.4, 0.5) is 38.9 Å². The average Bonchev–Trinajstić information content (AvgIpc) is 1.49. The van der Waals surface area contributed by atoms with Crippen LogP contribution in [0.2, 0.25) is 0 Å².